The first-order valence-corrected chi connectivity index (χ1v) is 8.77. The van der Waals surface area contributed by atoms with Gasteiger partial charge in [0.15, 0.2) is 0 Å². The van der Waals surface area contributed by atoms with Crippen LogP contribution in [0.1, 0.15) is 5.56 Å². The Morgan fingerprint density at radius 1 is 1.04 bits per heavy atom. The highest BCUT2D eigenvalue weighted by Gasteiger charge is 2.13. The lowest BCUT2D eigenvalue weighted by Gasteiger charge is -2.22. The largest absolute Gasteiger partial charge is 0.261 e. The third-order valence-electron chi connectivity index (χ3n) is 3.39. The van der Waals surface area contributed by atoms with Crippen LogP contribution < -0.4 is 10.1 Å². The zero-order valence-corrected chi connectivity index (χ0v) is 13.6. The second-order valence-corrected chi connectivity index (χ2v) is 7.01. The molecule has 118 valence electrons. The van der Waals surface area contributed by atoms with E-state index in [4.69, 9.17) is 16.7 Å². The number of hydrogen-bond donors (Lipinski definition) is 1. The second-order valence-electron chi connectivity index (χ2n) is 5.02. The van der Waals surface area contributed by atoms with Gasteiger partial charge in [-0.3, -0.25) is 5.01 Å². The molecular weight excluding hydrogens is 334 g/mol. The van der Waals surface area contributed by atoms with E-state index in [-0.39, 0.29) is 4.90 Å². The third-order valence-corrected chi connectivity index (χ3v) is 4.57. The average molecular weight is 348 g/mol. The molecule has 1 aliphatic heterocycles. The van der Waals surface area contributed by atoms with Gasteiger partial charge in [0.25, 0.3) is 0 Å². The molecule has 0 unspecified atom stereocenters. The lowest BCUT2D eigenvalue weighted by atomic mass is 10.1. The van der Waals surface area contributed by atoms with Crippen molar-refractivity contribution < 1.29 is 8.42 Å². The molecule has 0 amide bonds. The number of halogens is 1. The number of anilines is 1. The second kappa shape index (κ2) is 6.16. The van der Waals surface area contributed by atoms with Gasteiger partial charge in [-0.2, -0.15) is 5.10 Å². The lowest BCUT2D eigenvalue weighted by molar-refractivity contribution is 0.598. The number of hydrazone groups is 1. The van der Waals surface area contributed by atoms with Crippen molar-refractivity contribution in [3.8, 4) is 0 Å². The Kier molecular flexibility index (Phi) is 4.21. The fourth-order valence-electron chi connectivity index (χ4n) is 2.21. The predicted octanol–water partition coefficient (Wildman–Crippen LogP) is 2.77. The first-order chi connectivity index (χ1) is 10.9. The normalized spacial score (nSPS) is 14.7. The predicted molar refractivity (Wildman–Crippen MR) is 92.3 cm³/mol. The van der Waals surface area contributed by atoms with E-state index in [0.29, 0.717) is 11.6 Å². The highest BCUT2D eigenvalue weighted by atomic mass is 35.5. The maximum Gasteiger partial charge on any atom is 0.238 e. The van der Waals surface area contributed by atoms with E-state index >= 15 is 0 Å². The molecule has 0 saturated heterocycles. The number of sulfonamides is 1. The number of benzene rings is 2. The smallest absolute Gasteiger partial charge is 0.238 e. The summed E-state index contributed by atoms with van der Waals surface area (Å²) in [6.07, 6.45) is 3.93. The summed E-state index contributed by atoms with van der Waals surface area (Å²) >= 11 is 5.90. The van der Waals surface area contributed by atoms with E-state index < -0.39 is 10.0 Å². The monoisotopic (exact) mass is 347 g/mol. The zero-order valence-electron chi connectivity index (χ0n) is 12.1. The van der Waals surface area contributed by atoms with Gasteiger partial charge < -0.3 is 0 Å². The van der Waals surface area contributed by atoms with Gasteiger partial charge in [0.2, 0.25) is 10.0 Å². The molecule has 23 heavy (non-hydrogen) atoms. The Morgan fingerprint density at radius 2 is 1.70 bits per heavy atom. The Balaban J connectivity index is 1.89. The summed E-state index contributed by atoms with van der Waals surface area (Å²) in [6.45, 7) is 0.603. The minimum Gasteiger partial charge on any atom is -0.261 e. The number of rotatable bonds is 3. The number of primary sulfonamides is 1. The summed E-state index contributed by atoms with van der Waals surface area (Å²) in [7, 11) is -3.69. The lowest BCUT2D eigenvalue weighted by Crippen LogP contribution is -2.22. The van der Waals surface area contributed by atoms with E-state index in [1.165, 1.54) is 12.1 Å². The van der Waals surface area contributed by atoms with Crippen molar-refractivity contribution in [2.45, 2.75) is 4.90 Å². The van der Waals surface area contributed by atoms with Crippen molar-refractivity contribution in [1.82, 2.24) is 0 Å². The van der Waals surface area contributed by atoms with Crippen molar-refractivity contribution in [1.29, 1.82) is 0 Å². The van der Waals surface area contributed by atoms with Gasteiger partial charge in [0, 0.05) is 10.6 Å². The number of allylic oxidation sites excluding steroid dienone is 1. The van der Waals surface area contributed by atoms with Crippen LogP contribution in [0.2, 0.25) is 5.02 Å². The van der Waals surface area contributed by atoms with Gasteiger partial charge in [0.1, 0.15) is 0 Å². The van der Waals surface area contributed by atoms with E-state index in [9.17, 15) is 8.42 Å². The van der Waals surface area contributed by atoms with Crippen LogP contribution in [0.3, 0.4) is 0 Å². The molecule has 0 atom stereocenters. The maximum atomic E-state index is 11.3. The van der Waals surface area contributed by atoms with Gasteiger partial charge in [-0.25, -0.2) is 13.6 Å². The first-order valence-electron chi connectivity index (χ1n) is 6.85. The van der Waals surface area contributed by atoms with Crippen LogP contribution >= 0.6 is 11.6 Å². The van der Waals surface area contributed by atoms with Crippen LogP contribution in [0.4, 0.5) is 5.69 Å². The topological polar surface area (TPSA) is 75.8 Å². The molecule has 1 heterocycles. The quantitative estimate of drug-likeness (QED) is 0.927. The molecule has 2 N–H and O–H groups in total. The van der Waals surface area contributed by atoms with Crippen LogP contribution in [0.25, 0.3) is 0 Å². The van der Waals surface area contributed by atoms with Crippen LogP contribution in [0.15, 0.2) is 70.7 Å². The Labute approximate surface area is 139 Å². The molecule has 0 radical (unpaired) electrons. The summed E-state index contributed by atoms with van der Waals surface area (Å²) in [5.41, 5.74) is 2.55. The molecule has 0 saturated carbocycles. The fraction of sp³-hybridized carbons (Fsp3) is 0.0625. The summed E-state index contributed by atoms with van der Waals surface area (Å²) in [6, 6.07) is 13.7. The molecule has 0 bridgehead atoms. The summed E-state index contributed by atoms with van der Waals surface area (Å²) in [5, 5.41) is 12.1. The Hall–Kier alpha value is -2.15. The molecule has 1 aliphatic rings. The minimum absolute atomic E-state index is 0.0794. The fourth-order valence-corrected chi connectivity index (χ4v) is 2.86. The molecular formula is C16H14ClN3O2S. The van der Waals surface area contributed by atoms with Crippen LogP contribution in [0.5, 0.6) is 0 Å². The minimum atomic E-state index is -3.69. The number of hydrogen-bond acceptors (Lipinski definition) is 4. The summed E-state index contributed by atoms with van der Waals surface area (Å²) < 4.78 is 22.6. The molecule has 3 rings (SSSR count). The van der Waals surface area contributed by atoms with Crippen molar-refractivity contribution in [2.24, 2.45) is 10.2 Å². The zero-order chi connectivity index (χ0) is 16.4. The van der Waals surface area contributed by atoms with Gasteiger partial charge in [-0.05, 0) is 42.5 Å². The molecule has 7 heteroatoms. The van der Waals surface area contributed by atoms with Crippen molar-refractivity contribution in [3.63, 3.8) is 0 Å². The van der Waals surface area contributed by atoms with Gasteiger partial charge in [-0.1, -0.05) is 29.8 Å². The van der Waals surface area contributed by atoms with E-state index in [2.05, 4.69) is 5.10 Å². The number of nitrogens with zero attached hydrogens (tertiary/aromatic N) is 2. The first kappa shape index (κ1) is 15.7. The van der Waals surface area contributed by atoms with Crippen molar-refractivity contribution in [2.75, 3.05) is 11.6 Å². The maximum absolute atomic E-state index is 11.3. The van der Waals surface area contributed by atoms with Crippen LogP contribution in [-0.2, 0) is 10.0 Å². The standard InChI is InChI=1S/C16H14ClN3O2S/c17-13-5-3-12(4-6-13)16-2-1-11-20(19-16)14-7-9-15(10-8-14)23(18,21)22/h1-10H,11H2,(H2,18,21,22). The highest BCUT2D eigenvalue weighted by molar-refractivity contribution is 7.89. The molecule has 0 aromatic heterocycles. The highest BCUT2D eigenvalue weighted by Crippen LogP contribution is 2.21. The number of nitrogens with two attached hydrogens (primary N) is 1. The van der Waals surface area contributed by atoms with E-state index in [0.717, 1.165) is 17.0 Å². The Bertz CT molecular complexity index is 873. The van der Waals surface area contributed by atoms with Crippen LogP contribution in [-0.4, -0.2) is 20.7 Å². The molecule has 5 nitrogen and oxygen atoms in total. The molecule has 0 spiro atoms. The van der Waals surface area contributed by atoms with E-state index in [1.807, 2.05) is 36.4 Å². The van der Waals surface area contributed by atoms with Gasteiger partial charge in [-0.15, -0.1) is 0 Å². The van der Waals surface area contributed by atoms with E-state index in [1.54, 1.807) is 17.1 Å². The summed E-state index contributed by atoms with van der Waals surface area (Å²) in [5.74, 6) is 0. The van der Waals surface area contributed by atoms with Gasteiger partial charge >= 0.3 is 0 Å². The third kappa shape index (κ3) is 3.61. The molecule has 2 aromatic carbocycles. The average Bonchev–Trinajstić information content (AvgIpc) is 2.55. The van der Waals surface area contributed by atoms with Crippen LogP contribution in [0, 0.1) is 0 Å². The summed E-state index contributed by atoms with van der Waals surface area (Å²) in [4.78, 5) is 0.0794. The molecule has 2 aromatic rings. The Morgan fingerprint density at radius 3 is 2.30 bits per heavy atom. The molecule has 0 fully saturated rings. The SMILES string of the molecule is NS(=O)(=O)c1ccc(N2CC=CC(c3ccc(Cl)cc3)=N2)cc1. The van der Waals surface area contributed by atoms with Gasteiger partial charge in [0.05, 0.1) is 22.8 Å². The molecule has 0 aliphatic carbocycles. The van der Waals surface area contributed by atoms with Crippen molar-refractivity contribution >= 4 is 33.0 Å². The van der Waals surface area contributed by atoms with Crippen molar-refractivity contribution in [3.05, 3.63) is 71.3 Å².